The van der Waals surface area contributed by atoms with E-state index in [2.05, 4.69) is 9.68 Å². The van der Waals surface area contributed by atoms with Crippen LogP contribution in [0.4, 0.5) is 20.2 Å². The van der Waals surface area contributed by atoms with Crippen LogP contribution in [0.1, 0.15) is 0 Å². The molecular weight excluding hydrogens is 268 g/mol. The van der Waals surface area contributed by atoms with Crippen LogP contribution in [0.25, 0.3) is 0 Å². The van der Waals surface area contributed by atoms with Gasteiger partial charge < -0.3 is 10.3 Å². The maximum absolute atomic E-state index is 13.5. The molecule has 2 aromatic rings. The molecule has 0 fully saturated rings. The van der Waals surface area contributed by atoms with Crippen molar-refractivity contribution in [3.8, 4) is 0 Å². The molecule has 0 saturated carbocycles. The first kappa shape index (κ1) is 12.3. The van der Waals surface area contributed by atoms with Crippen molar-refractivity contribution in [1.29, 1.82) is 0 Å². The van der Waals surface area contributed by atoms with Crippen molar-refractivity contribution in [1.82, 2.24) is 5.16 Å². The fourth-order valence-corrected chi connectivity index (χ4v) is 2.44. The zero-order valence-electron chi connectivity index (χ0n) is 8.72. The highest BCUT2D eigenvalue weighted by Crippen LogP contribution is 2.23. The van der Waals surface area contributed by atoms with Gasteiger partial charge in [0.25, 0.3) is 10.0 Å². The number of hydrogen-bond acceptors (Lipinski definition) is 5. The third-order valence-electron chi connectivity index (χ3n) is 1.97. The molecule has 9 heteroatoms. The van der Waals surface area contributed by atoms with Crippen LogP contribution < -0.4 is 10.5 Å². The Hall–Kier alpha value is -2.16. The number of nitrogens with one attached hydrogen (secondary N) is 1. The summed E-state index contributed by atoms with van der Waals surface area (Å²) in [5, 5.41) is 3.25. The molecule has 96 valence electrons. The Kier molecular flexibility index (Phi) is 2.91. The summed E-state index contributed by atoms with van der Waals surface area (Å²) in [6.45, 7) is 0. The van der Waals surface area contributed by atoms with Gasteiger partial charge in [0.05, 0.1) is 6.20 Å². The SMILES string of the molecule is Nc1cc(F)c(S(=O)(=O)Nc2cnoc2)c(F)c1. The summed E-state index contributed by atoms with van der Waals surface area (Å²) in [6, 6.07) is 1.43. The molecule has 0 aliphatic rings. The van der Waals surface area contributed by atoms with Gasteiger partial charge in [-0.05, 0) is 12.1 Å². The van der Waals surface area contributed by atoms with Crippen LogP contribution in [-0.4, -0.2) is 13.6 Å². The van der Waals surface area contributed by atoms with Gasteiger partial charge in [-0.2, -0.15) is 0 Å². The molecule has 18 heavy (non-hydrogen) atoms. The summed E-state index contributed by atoms with van der Waals surface area (Å²) in [6.07, 6.45) is 2.02. The number of nitrogens with zero attached hydrogens (tertiary/aromatic N) is 1. The molecule has 0 saturated heterocycles. The van der Waals surface area contributed by atoms with E-state index in [4.69, 9.17) is 5.73 Å². The van der Waals surface area contributed by atoms with Gasteiger partial charge in [0, 0.05) is 5.69 Å². The minimum atomic E-state index is -4.42. The Morgan fingerprint density at radius 2 is 1.89 bits per heavy atom. The van der Waals surface area contributed by atoms with E-state index in [1.54, 1.807) is 0 Å². The van der Waals surface area contributed by atoms with Crippen molar-refractivity contribution in [2.75, 3.05) is 10.5 Å². The van der Waals surface area contributed by atoms with E-state index in [0.717, 1.165) is 12.5 Å². The molecule has 0 aliphatic carbocycles. The van der Waals surface area contributed by atoms with Crippen molar-refractivity contribution in [2.45, 2.75) is 4.90 Å². The van der Waals surface area contributed by atoms with Gasteiger partial charge in [0.15, 0.2) is 4.90 Å². The van der Waals surface area contributed by atoms with Crippen molar-refractivity contribution in [2.24, 2.45) is 0 Å². The minimum absolute atomic E-state index is 0.0503. The molecule has 0 amide bonds. The Morgan fingerprint density at radius 1 is 1.28 bits per heavy atom. The number of anilines is 2. The topological polar surface area (TPSA) is 98.2 Å². The molecule has 1 heterocycles. The first-order chi connectivity index (χ1) is 8.40. The lowest BCUT2D eigenvalue weighted by Crippen LogP contribution is -2.16. The fourth-order valence-electron chi connectivity index (χ4n) is 1.30. The second kappa shape index (κ2) is 4.26. The highest BCUT2D eigenvalue weighted by atomic mass is 32.2. The van der Waals surface area contributed by atoms with E-state index in [9.17, 15) is 17.2 Å². The lowest BCUT2D eigenvalue weighted by molar-refractivity contribution is 0.420. The Bertz CT molecular complexity index is 647. The van der Waals surface area contributed by atoms with Crippen LogP contribution in [0.2, 0.25) is 0 Å². The molecule has 1 aromatic heterocycles. The Morgan fingerprint density at radius 3 is 2.39 bits per heavy atom. The number of benzene rings is 1. The molecule has 6 nitrogen and oxygen atoms in total. The summed E-state index contributed by atoms with van der Waals surface area (Å²) >= 11 is 0. The standard InChI is InChI=1S/C9H7F2N3O3S/c10-7-1-5(12)2-8(11)9(7)18(15,16)14-6-3-13-17-4-6/h1-4,14H,12H2. The van der Waals surface area contributed by atoms with E-state index >= 15 is 0 Å². The van der Waals surface area contributed by atoms with E-state index in [1.807, 2.05) is 4.72 Å². The number of aromatic nitrogens is 1. The molecule has 0 bridgehead atoms. The van der Waals surface area contributed by atoms with E-state index in [-0.39, 0.29) is 11.4 Å². The van der Waals surface area contributed by atoms with Gasteiger partial charge >= 0.3 is 0 Å². The van der Waals surface area contributed by atoms with Gasteiger partial charge in [-0.15, -0.1) is 0 Å². The smallest absolute Gasteiger partial charge is 0.267 e. The summed E-state index contributed by atoms with van der Waals surface area (Å²) in [7, 11) is -4.42. The lowest BCUT2D eigenvalue weighted by Gasteiger charge is -2.08. The molecule has 1 aromatic carbocycles. The van der Waals surface area contributed by atoms with E-state index in [0.29, 0.717) is 12.1 Å². The van der Waals surface area contributed by atoms with Crippen molar-refractivity contribution >= 4 is 21.4 Å². The maximum atomic E-state index is 13.5. The summed E-state index contributed by atoms with van der Waals surface area (Å²) in [5.41, 5.74) is 4.92. The number of sulfonamides is 1. The molecule has 0 unspecified atom stereocenters. The normalized spacial score (nSPS) is 11.4. The van der Waals surface area contributed by atoms with Crippen LogP contribution in [0, 0.1) is 11.6 Å². The number of nitrogen functional groups attached to an aromatic ring is 1. The molecule has 3 N–H and O–H groups in total. The monoisotopic (exact) mass is 275 g/mol. The summed E-state index contributed by atoms with van der Waals surface area (Å²) in [5.74, 6) is -2.56. The number of nitrogens with two attached hydrogens (primary N) is 1. The molecule has 0 spiro atoms. The van der Waals surface area contributed by atoms with Gasteiger partial charge in [0.1, 0.15) is 23.6 Å². The number of hydrogen-bond donors (Lipinski definition) is 2. The van der Waals surface area contributed by atoms with Crippen LogP contribution in [0.3, 0.4) is 0 Å². The van der Waals surface area contributed by atoms with E-state index < -0.39 is 26.6 Å². The van der Waals surface area contributed by atoms with E-state index in [1.165, 1.54) is 0 Å². The zero-order valence-corrected chi connectivity index (χ0v) is 9.54. The van der Waals surface area contributed by atoms with Crippen LogP contribution >= 0.6 is 0 Å². The Balaban J connectivity index is 2.48. The number of rotatable bonds is 3. The third-order valence-corrected chi connectivity index (χ3v) is 3.41. The summed E-state index contributed by atoms with van der Waals surface area (Å²) in [4.78, 5) is -1.11. The highest BCUT2D eigenvalue weighted by Gasteiger charge is 2.25. The zero-order chi connectivity index (χ0) is 13.3. The minimum Gasteiger partial charge on any atom is -0.399 e. The first-order valence-corrected chi connectivity index (χ1v) is 6.05. The van der Waals surface area contributed by atoms with Gasteiger partial charge in [0.2, 0.25) is 0 Å². The largest absolute Gasteiger partial charge is 0.399 e. The highest BCUT2D eigenvalue weighted by molar-refractivity contribution is 7.92. The van der Waals surface area contributed by atoms with Crippen LogP contribution in [0.15, 0.2) is 34.0 Å². The average Bonchev–Trinajstić information content (AvgIpc) is 2.66. The molecule has 0 radical (unpaired) electrons. The molecule has 2 rings (SSSR count). The predicted molar refractivity (Wildman–Crippen MR) is 58.1 cm³/mol. The first-order valence-electron chi connectivity index (χ1n) is 4.57. The predicted octanol–water partition coefficient (Wildman–Crippen LogP) is 1.34. The molecule has 0 aliphatic heterocycles. The fraction of sp³-hybridized carbons (Fsp3) is 0. The summed E-state index contributed by atoms with van der Waals surface area (Å²) < 4.78 is 56.7. The Labute approximate surface area is 100 Å². The van der Waals surface area contributed by atoms with Crippen LogP contribution in [-0.2, 0) is 10.0 Å². The molecule has 0 atom stereocenters. The quantitative estimate of drug-likeness (QED) is 0.823. The maximum Gasteiger partial charge on any atom is 0.267 e. The van der Waals surface area contributed by atoms with Crippen LogP contribution in [0.5, 0.6) is 0 Å². The van der Waals surface area contributed by atoms with Gasteiger partial charge in [-0.1, -0.05) is 5.16 Å². The average molecular weight is 275 g/mol. The van der Waals surface area contributed by atoms with Crippen molar-refractivity contribution in [3.05, 3.63) is 36.2 Å². The van der Waals surface area contributed by atoms with Gasteiger partial charge in [-0.3, -0.25) is 4.72 Å². The van der Waals surface area contributed by atoms with Crippen molar-refractivity contribution in [3.63, 3.8) is 0 Å². The lowest BCUT2D eigenvalue weighted by atomic mass is 10.3. The second-order valence-corrected chi connectivity index (χ2v) is 4.95. The third kappa shape index (κ3) is 2.25. The number of halogens is 2. The second-order valence-electron chi connectivity index (χ2n) is 3.33. The van der Waals surface area contributed by atoms with Crippen molar-refractivity contribution < 1.29 is 21.7 Å². The van der Waals surface area contributed by atoms with Gasteiger partial charge in [-0.25, -0.2) is 17.2 Å². The molecular formula is C9H7F2N3O3S.